The van der Waals surface area contributed by atoms with Crippen LogP contribution < -0.4 is 4.90 Å². The number of likely N-dealkylation sites (tertiary alicyclic amines) is 1. The largest absolute Gasteiger partial charge is 0.508 e. The van der Waals surface area contributed by atoms with Gasteiger partial charge >= 0.3 is 0 Å². The van der Waals surface area contributed by atoms with Crippen LogP contribution in [0.2, 0.25) is 5.02 Å². The lowest BCUT2D eigenvalue weighted by molar-refractivity contribution is -0.141. The molecular weight excluding hydrogens is 704 g/mol. The summed E-state index contributed by atoms with van der Waals surface area (Å²) in [4.78, 5) is 62.2. The van der Waals surface area contributed by atoms with Gasteiger partial charge in [0.25, 0.3) is 0 Å². The van der Waals surface area contributed by atoms with E-state index in [4.69, 9.17) is 16.7 Å². The van der Waals surface area contributed by atoms with Gasteiger partial charge in [-0.3, -0.25) is 28.8 Å². The molecule has 51 heavy (non-hydrogen) atoms. The van der Waals surface area contributed by atoms with E-state index in [2.05, 4.69) is 0 Å². The third kappa shape index (κ3) is 4.60. The van der Waals surface area contributed by atoms with Gasteiger partial charge in [-0.25, -0.2) is 4.90 Å². The number of thiophene rings is 2. The maximum absolute atomic E-state index is 15.0. The zero-order chi connectivity index (χ0) is 35.5. The Balaban J connectivity index is 1.13. The number of imide groups is 2. The number of fused-ring (bicyclic) bond motifs is 5. The number of carbonyl (C=O) groups is 4. The minimum atomic E-state index is -1.19. The number of amides is 4. The van der Waals surface area contributed by atoms with Gasteiger partial charge in [0.2, 0.25) is 23.6 Å². The predicted octanol–water partition coefficient (Wildman–Crippen LogP) is 7.46. The summed E-state index contributed by atoms with van der Waals surface area (Å²) in [5.41, 5.74) is 2.16. The minimum Gasteiger partial charge on any atom is -0.508 e. The summed E-state index contributed by atoms with van der Waals surface area (Å²) in [5.74, 6) is -3.46. The molecule has 0 spiro atoms. The molecule has 1 N–H and O–H groups in total. The van der Waals surface area contributed by atoms with Crippen molar-refractivity contribution in [3.63, 3.8) is 0 Å². The second-order valence-electron chi connectivity index (χ2n) is 14.3. The predicted molar refractivity (Wildman–Crippen MR) is 196 cm³/mol. The number of nitrogens with zero attached hydrogens (tertiary/aromatic N) is 4. The van der Waals surface area contributed by atoms with Gasteiger partial charge in [-0.2, -0.15) is 5.10 Å². The molecule has 0 unspecified atom stereocenters. The molecule has 1 saturated carbocycles. The van der Waals surface area contributed by atoms with Crippen molar-refractivity contribution in [3.8, 4) is 16.3 Å². The Bertz CT molecular complexity index is 2340. The van der Waals surface area contributed by atoms with Gasteiger partial charge in [0.1, 0.15) is 17.3 Å². The molecule has 0 bridgehead atoms. The monoisotopic (exact) mass is 736 g/mol. The van der Waals surface area contributed by atoms with Crippen molar-refractivity contribution >= 4 is 73.8 Å². The molecule has 2 aromatic carbocycles. The van der Waals surface area contributed by atoms with Crippen molar-refractivity contribution in [1.29, 1.82) is 0 Å². The molecule has 2 aliphatic carbocycles. The second kappa shape index (κ2) is 11.5. The van der Waals surface area contributed by atoms with Gasteiger partial charge in [-0.15, -0.1) is 22.7 Å². The Labute approximate surface area is 306 Å². The first-order valence-electron chi connectivity index (χ1n) is 16.9. The molecule has 258 valence electrons. The first-order chi connectivity index (χ1) is 24.5. The van der Waals surface area contributed by atoms with Gasteiger partial charge in [0.15, 0.2) is 0 Å². The van der Waals surface area contributed by atoms with Gasteiger partial charge < -0.3 is 5.11 Å². The Kier molecular flexibility index (Phi) is 7.27. The molecule has 3 aromatic heterocycles. The van der Waals surface area contributed by atoms with Crippen LogP contribution in [0.5, 0.6) is 5.75 Å². The Hall–Kier alpha value is -4.58. The molecule has 9 rings (SSSR count). The van der Waals surface area contributed by atoms with E-state index in [0.717, 1.165) is 36.5 Å². The van der Waals surface area contributed by atoms with Crippen LogP contribution in [-0.4, -0.2) is 43.4 Å². The smallest absolute Gasteiger partial charge is 0.242 e. The molecule has 0 radical (unpaired) electrons. The lowest BCUT2D eigenvalue weighted by Gasteiger charge is -2.49. The highest BCUT2D eigenvalue weighted by atomic mass is 35.5. The number of hydrogen-bond donors (Lipinski definition) is 1. The fourth-order valence-corrected chi connectivity index (χ4v) is 11.3. The average molecular weight is 737 g/mol. The number of benzene rings is 2. The number of aromatic nitrogens is 2. The van der Waals surface area contributed by atoms with Gasteiger partial charge in [0.05, 0.1) is 34.6 Å². The highest BCUT2D eigenvalue weighted by molar-refractivity contribution is 7.22. The first-order valence-corrected chi connectivity index (χ1v) is 19.0. The van der Waals surface area contributed by atoms with E-state index in [1.807, 2.05) is 55.6 Å². The number of hydrogen-bond acceptors (Lipinski definition) is 8. The van der Waals surface area contributed by atoms with E-state index in [1.54, 1.807) is 53.4 Å². The molecule has 4 aliphatic rings. The van der Waals surface area contributed by atoms with E-state index < -0.39 is 35.0 Å². The molecule has 5 heterocycles. The number of rotatable bonds is 5. The molecule has 9 nitrogen and oxygen atoms in total. The van der Waals surface area contributed by atoms with E-state index in [-0.39, 0.29) is 42.3 Å². The molecule has 12 heteroatoms. The summed E-state index contributed by atoms with van der Waals surface area (Å²) in [7, 11) is 1.73. The maximum Gasteiger partial charge on any atom is 0.242 e. The summed E-state index contributed by atoms with van der Waals surface area (Å²) < 4.78 is 2.65. The van der Waals surface area contributed by atoms with E-state index >= 15 is 0 Å². The molecule has 2 saturated heterocycles. The molecule has 4 amide bonds. The third-order valence-electron chi connectivity index (χ3n) is 11.7. The van der Waals surface area contributed by atoms with Crippen LogP contribution in [0, 0.1) is 36.0 Å². The summed E-state index contributed by atoms with van der Waals surface area (Å²) in [6.45, 7) is 4.11. The van der Waals surface area contributed by atoms with Crippen molar-refractivity contribution in [2.24, 2.45) is 36.1 Å². The zero-order valence-electron chi connectivity index (χ0n) is 28.0. The van der Waals surface area contributed by atoms with Crippen LogP contribution >= 0.6 is 34.3 Å². The summed E-state index contributed by atoms with van der Waals surface area (Å²) in [6.07, 6.45) is 2.70. The van der Waals surface area contributed by atoms with Gasteiger partial charge in [-0.05, 0) is 90.9 Å². The Morgan fingerprint density at radius 3 is 2.53 bits per heavy atom. The van der Waals surface area contributed by atoms with Gasteiger partial charge in [0, 0.05) is 33.6 Å². The van der Waals surface area contributed by atoms with Crippen molar-refractivity contribution in [1.82, 2.24) is 14.7 Å². The summed E-state index contributed by atoms with van der Waals surface area (Å²) in [5, 5.41) is 18.6. The second-order valence-corrected chi connectivity index (χ2v) is 16.8. The van der Waals surface area contributed by atoms with Crippen molar-refractivity contribution in [2.75, 3.05) is 4.90 Å². The summed E-state index contributed by atoms with van der Waals surface area (Å²) >= 11 is 9.39. The van der Waals surface area contributed by atoms with Crippen LogP contribution in [0.25, 0.3) is 20.7 Å². The third-order valence-corrected chi connectivity index (χ3v) is 14.1. The number of halogens is 1. The molecule has 3 fully saturated rings. The molecule has 5 aromatic rings. The van der Waals surface area contributed by atoms with Gasteiger partial charge in [-0.1, -0.05) is 41.4 Å². The standard InChI is InChI=1S/C39H33ClN4O5S2/c1-19-26-15-21(40)8-13-30(26)51-34(19)29-17-31(42(3)41-29)44-36(47)28-16-27-24(33(39(28,2)38(44)49)20-6-9-22(45)10-7-20)11-12-25-32(27)37(48)43(35(25)46)18-23-5-4-14-50-23/h4-11,13-15,17,25,27-28,32-33,45H,12,16,18H2,1-3H3/t25-,27+,28-,32-,33-,39+/m0/s1. The number of anilines is 1. The van der Waals surface area contributed by atoms with E-state index in [1.165, 1.54) is 21.1 Å². The van der Waals surface area contributed by atoms with Crippen LogP contribution in [0.3, 0.4) is 0 Å². The van der Waals surface area contributed by atoms with Crippen molar-refractivity contribution in [2.45, 2.75) is 39.2 Å². The normalized spacial score (nSPS) is 27.3. The van der Waals surface area contributed by atoms with E-state index in [0.29, 0.717) is 23.0 Å². The zero-order valence-corrected chi connectivity index (χ0v) is 30.4. The van der Waals surface area contributed by atoms with Crippen LogP contribution in [-0.2, 0) is 32.8 Å². The minimum absolute atomic E-state index is 0.0861. The number of carbonyl (C=O) groups excluding carboxylic acids is 4. The van der Waals surface area contributed by atoms with Crippen molar-refractivity contribution < 1.29 is 24.3 Å². The SMILES string of the molecule is Cc1c(-c2cc(N3C(=O)[C@@H]4C[C@@H]5C(=CC[C@@H]6C(=O)N(Cc7cccs7)C(=O)[C@@H]65)[C@H](c5ccc(O)cc5)[C@]4(C)C3=O)n(C)n2)sc2ccc(Cl)cc12. The highest BCUT2D eigenvalue weighted by Crippen LogP contribution is 2.63. The molecule has 2 aliphatic heterocycles. The fraction of sp³-hybridized carbons (Fsp3) is 0.308. The number of aromatic hydroxyl groups is 1. The Morgan fingerprint density at radius 2 is 1.78 bits per heavy atom. The average Bonchev–Trinajstić information content (AvgIpc) is 3.92. The lowest BCUT2D eigenvalue weighted by atomic mass is 9.51. The van der Waals surface area contributed by atoms with Crippen LogP contribution in [0.15, 0.2) is 77.7 Å². The summed E-state index contributed by atoms with van der Waals surface area (Å²) in [6, 6.07) is 18.2. The highest BCUT2D eigenvalue weighted by Gasteiger charge is 2.68. The van der Waals surface area contributed by atoms with Crippen molar-refractivity contribution in [3.05, 3.63) is 98.7 Å². The number of aryl methyl sites for hydroxylation is 2. The van der Waals surface area contributed by atoms with E-state index in [9.17, 15) is 24.3 Å². The van der Waals surface area contributed by atoms with Crippen LogP contribution in [0.4, 0.5) is 5.82 Å². The topological polar surface area (TPSA) is 113 Å². The molecule has 6 atom stereocenters. The fourth-order valence-electron chi connectivity index (χ4n) is 9.28. The maximum atomic E-state index is 15.0. The number of phenolic OH excluding ortho intramolecular Hbond substituents is 1. The first kappa shape index (κ1) is 32.3. The number of phenols is 1. The number of allylic oxidation sites excluding steroid dienone is 2. The molecular formula is C39H33ClN4O5S2. The van der Waals surface area contributed by atoms with Crippen LogP contribution in [0.1, 0.15) is 41.7 Å². The Morgan fingerprint density at radius 1 is 1.00 bits per heavy atom. The lowest BCUT2D eigenvalue weighted by Crippen LogP contribution is -2.48. The quantitative estimate of drug-likeness (QED) is 0.148.